The van der Waals surface area contributed by atoms with Crippen LogP contribution in [0.5, 0.6) is 5.75 Å². The van der Waals surface area contributed by atoms with Crippen molar-refractivity contribution in [3.63, 3.8) is 0 Å². The Morgan fingerprint density at radius 1 is 1.24 bits per heavy atom. The van der Waals surface area contributed by atoms with Gasteiger partial charge in [-0.15, -0.1) is 0 Å². The second-order valence-electron chi connectivity index (χ2n) is 6.99. The van der Waals surface area contributed by atoms with Gasteiger partial charge in [-0.25, -0.2) is 5.84 Å². The highest BCUT2D eigenvalue weighted by Gasteiger charge is 2.35. The molecule has 0 aromatic heterocycles. The highest BCUT2D eigenvalue weighted by molar-refractivity contribution is 5.81. The van der Waals surface area contributed by atoms with E-state index in [0.29, 0.717) is 0 Å². The van der Waals surface area contributed by atoms with Gasteiger partial charge in [-0.1, -0.05) is 11.2 Å². The molecule has 2 saturated carbocycles. The van der Waals surface area contributed by atoms with Gasteiger partial charge in [0, 0.05) is 17.3 Å². The molecule has 1 aliphatic heterocycles. The molecule has 3 atom stereocenters. The highest BCUT2D eigenvalue weighted by atomic mass is 16.5. The van der Waals surface area contributed by atoms with Crippen LogP contribution in [0.3, 0.4) is 0 Å². The summed E-state index contributed by atoms with van der Waals surface area (Å²) in [6, 6.07) is 5.50. The third kappa shape index (κ3) is 3.24. The molecule has 4 rings (SSSR count). The Labute approximate surface area is 145 Å². The zero-order chi connectivity index (χ0) is 17.4. The molecule has 132 valence electrons. The molecule has 7 nitrogen and oxygen atoms in total. The molecule has 25 heavy (non-hydrogen) atoms. The standard InChI is InChI=1S/C18H22N4O3/c19-22(18(23)11-4-5-11)17-9-12-6-7-14(8-13(12)10-20-17)25-16-3-1-2-15(16)21-24/h6-11,15-17,20H,1-5,19H2. The SMILES string of the molecule is NN(C(=O)C1CC1)C1C=c2ccc(OC3CCCC3N=O)cc2=CN1. The summed E-state index contributed by atoms with van der Waals surface area (Å²) >= 11 is 0. The van der Waals surface area contributed by atoms with Crippen LogP contribution < -0.4 is 26.3 Å². The number of rotatable bonds is 5. The van der Waals surface area contributed by atoms with Gasteiger partial charge in [0.05, 0.1) is 0 Å². The Bertz CT molecular complexity index is 805. The molecule has 2 fully saturated rings. The number of nitrogens with two attached hydrogens (primary N) is 1. The van der Waals surface area contributed by atoms with Crippen LogP contribution in [0.25, 0.3) is 12.3 Å². The fraction of sp³-hybridized carbons (Fsp3) is 0.500. The number of nitrogens with one attached hydrogen (secondary N) is 1. The van der Waals surface area contributed by atoms with Crippen LogP contribution in [0.1, 0.15) is 32.1 Å². The molecule has 2 aliphatic carbocycles. The van der Waals surface area contributed by atoms with Crippen molar-refractivity contribution in [2.45, 2.75) is 50.4 Å². The fourth-order valence-electron chi connectivity index (χ4n) is 3.47. The van der Waals surface area contributed by atoms with Crippen molar-refractivity contribution in [1.82, 2.24) is 10.3 Å². The average molecular weight is 342 g/mol. The first kappa shape index (κ1) is 16.1. The number of nitrogens with zero attached hydrogens (tertiary/aromatic N) is 2. The maximum absolute atomic E-state index is 12.1. The highest BCUT2D eigenvalue weighted by Crippen LogP contribution is 2.30. The lowest BCUT2D eigenvalue weighted by Crippen LogP contribution is -2.54. The normalized spacial score (nSPS) is 27.3. The average Bonchev–Trinajstić information content (AvgIpc) is 3.40. The summed E-state index contributed by atoms with van der Waals surface area (Å²) in [5, 5.41) is 9.56. The predicted octanol–water partition coefficient (Wildman–Crippen LogP) is 0.313. The fourth-order valence-corrected chi connectivity index (χ4v) is 3.47. The summed E-state index contributed by atoms with van der Waals surface area (Å²) in [7, 11) is 0. The monoisotopic (exact) mass is 342 g/mol. The van der Waals surface area contributed by atoms with Gasteiger partial charge in [0.25, 0.3) is 0 Å². The van der Waals surface area contributed by atoms with E-state index in [4.69, 9.17) is 10.6 Å². The van der Waals surface area contributed by atoms with Crippen LogP contribution in [0.4, 0.5) is 0 Å². The van der Waals surface area contributed by atoms with E-state index >= 15 is 0 Å². The number of fused-ring (bicyclic) bond motifs is 1. The molecule has 3 aliphatic rings. The first-order valence-electron chi connectivity index (χ1n) is 8.81. The number of carbonyl (C=O) groups is 1. The van der Waals surface area contributed by atoms with E-state index in [9.17, 15) is 9.70 Å². The maximum atomic E-state index is 12.1. The Hall–Kier alpha value is -2.41. The van der Waals surface area contributed by atoms with Gasteiger partial charge >= 0.3 is 0 Å². The molecular formula is C18H22N4O3. The maximum Gasteiger partial charge on any atom is 0.241 e. The van der Waals surface area contributed by atoms with Crippen LogP contribution in [-0.4, -0.2) is 29.2 Å². The molecule has 1 aromatic rings. The van der Waals surface area contributed by atoms with Gasteiger partial charge < -0.3 is 10.1 Å². The number of hydrogen-bond acceptors (Lipinski definition) is 6. The number of benzene rings is 1. The molecule has 0 radical (unpaired) electrons. The lowest BCUT2D eigenvalue weighted by atomic mass is 10.1. The van der Waals surface area contributed by atoms with Crippen LogP contribution in [0, 0.1) is 10.8 Å². The topological polar surface area (TPSA) is 97.0 Å². The second kappa shape index (κ2) is 6.48. The van der Waals surface area contributed by atoms with E-state index in [1.54, 1.807) is 0 Å². The lowest BCUT2D eigenvalue weighted by molar-refractivity contribution is -0.134. The zero-order valence-electron chi connectivity index (χ0n) is 13.9. The number of ether oxygens (including phenoxy) is 1. The molecule has 7 heteroatoms. The van der Waals surface area contributed by atoms with Crippen molar-refractivity contribution in [3.8, 4) is 5.75 Å². The number of hydrazine groups is 1. The Morgan fingerprint density at radius 3 is 2.84 bits per heavy atom. The zero-order valence-corrected chi connectivity index (χ0v) is 13.9. The van der Waals surface area contributed by atoms with E-state index in [1.807, 2.05) is 30.5 Å². The molecule has 0 saturated heterocycles. The second-order valence-corrected chi connectivity index (χ2v) is 6.99. The molecule has 3 unspecified atom stereocenters. The minimum atomic E-state index is -0.342. The molecule has 1 heterocycles. The Morgan fingerprint density at radius 2 is 2.08 bits per heavy atom. The number of nitroso groups, excluding NO2 is 1. The first-order chi connectivity index (χ1) is 12.2. The van der Waals surface area contributed by atoms with Crippen molar-refractivity contribution >= 4 is 18.2 Å². The van der Waals surface area contributed by atoms with Crippen LogP contribution in [0.15, 0.2) is 23.4 Å². The molecule has 1 aromatic carbocycles. The van der Waals surface area contributed by atoms with E-state index in [0.717, 1.165) is 48.3 Å². The van der Waals surface area contributed by atoms with Gasteiger partial charge in [-0.3, -0.25) is 9.80 Å². The molecule has 0 bridgehead atoms. The van der Waals surface area contributed by atoms with Crippen molar-refractivity contribution in [2.75, 3.05) is 0 Å². The van der Waals surface area contributed by atoms with Crippen molar-refractivity contribution < 1.29 is 9.53 Å². The van der Waals surface area contributed by atoms with Crippen molar-refractivity contribution in [2.24, 2.45) is 16.9 Å². The van der Waals surface area contributed by atoms with Crippen molar-refractivity contribution in [1.29, 1.82) is 0 Å². The molecular weight excluding hydrogens is 320 g/mol. The minimum Gasteiger partial charge on any atom is -0.488 e. The number of amides is 1. The summed E-state index contributed by atoms with van der Waals surface area (Å²) < 4.78 is 5.95. The summed E-state index contributed by atoms with van der Waals surface area (Å²) in [4.78, 5) is 22.9. The summed E-state index contributed by atoms with van der Waals surface area (Å²) in [5.41, 5.74) is 0. The number of carbonyl (C=O) groups excluding carboxylic acids is 1. The third-order valence-electron chi connectivity index (χ3n) is 5.13. The summed E-state index contributed by atoms with van der Waals surface area (Å²) in [5.74, 6) is 6.76. The Kier molecular flexibility index (Phi) is 4.17. The smallest absolute Gasteiger partial charge is 0.241 e. The summed E-state index contributed by atoms with van der Waals surface area (Å²) in [6.07, 6.45) is 7.78. The quantitative estimate of drug-likeness (QED) is 0.347. The molecule has 3 N–H and O–H groups in total. The van der Waals surface area contributed by atoms with Crippen LogP contribution >= 0.6 is 0 Å². The van der Waals surface area contributed by atoms with Gasteiger partial charge in [-0.05, 0) is 55.5 Å². The van der Waals surface area contributed by atoms with Crippen molar-refractivity contribution in [3.05, 3.63) is 33.5 Å². The van der Waals surface area contributed by atoms with E-state index < -0.39 is 0 Å². The van der Waals surface area contributed by atoms with E-state index in [2.05, 4.69) is 10.5 Å². The van der Waals surface area contributed by atoms with Crippen LogP contribution in [-0.2, 0) is 4.79 Å². The predicted molar refractivity (Wildman–Crippen MR) is 93.2 cm³/mol. The number of hydrogen-bond donors (Lipinski definition) is 2. The van der Waals surface area contributed by atoms with Gasteiger partial charge in [0.1, 0.15) is 24.1 Å². The van der Waals surface area contributed by atoms with E-state index in [1.165, 1.54) is 5.01 Å². The van der Waals surface area contributed by atoms with E-state index in [-0.39, 0.29) is 30.1 Å². The van der Waals surface area contributed by atoms with Gasteiger partial charge in [0.2, 0.25) is 5.91 Å². The Balaban J connectivity index is 1.51. The largest absolute Gasteiger partial charge is 0.488 e. The van der Waals surface area contributed by atoms with Gasteiger partial charge in [0.15, 0.2) is 0 Å². The van der Waals surface area contributed by atoms with Crippen LogP contribution in [0.2, 0.25) is 0 Å². The minimum absolute atomic E-state index is 0.0146. The third-order valence-corrected chi connectivity index (χ3v) is 5.13. The van der Waals surface area contributed by atoms with Gasteiger partial charge in [-0.2, -0.15) is 4.91 Å². The molecule has 1 amide bonds. The summed E-state index contributed by atoms with van der Waals surface area (Å²) in [6.45, 7) is 0. The molecule has 0 spiro atoms. The first-order valence-corrected chi connectivity index (χ1v) is 8.81. The lowest BCUT2D eigenvalue weighted by Gasteiger charge is -2.27.